The number of benzene rings is 1. The van der Waals surface area contributed by atoms with Crippen LogP contribution in [0.5, 0.6) is 0 Å². The first-order valence-electron chi connectivity index (χ1n) is 8.29. The molecule has 0 fully saturated rings. The van der Waals surface area contributed by atoms with E-state index in [9.17, 15) is 4.79 Å². The summed E-state index contributed by atoms with van der Waals surface area (Å²) in [5, 5.41) is 7.30. The number of hydrogen-bond donors (Lipinski definition) is 0. The number of hydrazone groups is 1. The largest absolute Gasteiger partial charge is 0.467 e. The van der Waals surface area contributed by atoms with E-state index in [1.54, 1.807) is 24.7 Å². The lowest BCUT2D eigenvalue weighted by molar-refractivity contribution is -0.130. The molecular weight excluding hydrogens is 384 g/mol. The summed E-state index contributed by atoms with van der Waals surface area (Å²) in [6.45, 7) is 0. The molecule has 1 atom stereocenters. The number of aromatic nitrogens is 2. The van der Waals surface area contributed by atoms with E-state index in [1.165, 1.54) is 16.8 Å². The van der Waals surface area contributed by atoms with Gasteiger partial charge in [0.05, 0.1) is 17.7 Å². The number of amides is 1. The highest BCUT2D eigenvalue weighted by Gasteiger charge is 2.34. The van der Waals surface area contributed by atoms with Crippen LogP contribution in [0.1, 0.15) is 23.8 Å². The van der Waals surface area contributed by atoms with E-state index in [0.717, 1.165) is 11.3 Å². The Bertz CT molecular complexity index is 946. The van der Waals surface area contributed by atoms with Crippen LogP contribution in [0.15, 0.2) is 75.8 Å². The molecule has 6 nitrogen and oxygen atoms in total. The lowest BCUT2D eigenvalue weighted by atomic mass is 10.0. The van der Waals surface area contributed by atoms with E-state index in [4.69, 9.17) is 16.0 Å². The molecule has 1 aliphatic heterocycles. The third-order valence-corrected chi connectivity index (χ3v) is 5.19. The smallest absolute Gasteiger partial charge is 0.253 e. The van der Waals surface area contributed by atoms with E-state index in [-0.39, 0.29) is 17.7 Å². The molecule has 0 aliphatic carbocycles. The molecule has 1 amide bonds. The number of nitrogens with zero attached hydrogens (tertiary/aromatic N) is 4. The van der Waals surface area contributed by atoms with E-state index in [0.29, 0.717) is 22.4 Å². The topological polar surface area (TPSA) is 71.6 Å². The van der Waals surface area contributed by atoms with Crippen molar-refractivity contribution in [1.82, 2.24) is 15.0 Å². The molecule has 0 N–H and O–H groups in total. The van der Waals surface area contributed by atoms with Crippen molar-refractivity contribution in [3.05, 3.63) is 77.5 Å². The number of carbonyl (C=O) groups is 1. The quantitative estimate of drug-likeness (QED) is 0.476. The van der Waals surface area contributed by atoms with Gasteiger partial charge in [0.2, 0.25) is 0 Å². The summed E-state index contributed by atoms with van der Waals surface area (Å²) >= 11 is 7.26. The van der Waals surface area contributed by atoms with Crippen molar-refractivity contribution in [2.45, 2.75) is 17.6 Å². The van der Waals surface area contributed by atoms with Gasteiger partial charge in [-0.2, -0.15) is 5.10 Å². The van der Waals surface area contributed by atoms with Crippen molar-refractivity contribution in [3.63, 3.8) is 0 Å². The summed E-state index contributed by atoms with van der Waals surface area (Å²) in [5.74, 6) is 0.772. The van der Waals surface area contributed by atoms with Crippen molar-refractivity contribution in [2.24, 2.45) is 5.10 Å². The first-order valence-corrected chi connectivity index (χ1v) is 9.66. The Balaban J connectivity index is 1.55. The minimum atomic E-state index is -0.268. The molecular formula is C19H15ClN4O2S. The number of halogens is 1. The molecule has 3 aromatic rings. The van der Waals surface area contributed by atoms with Gasteiger partial charge in [-0.15, -0.1) is 0 Å². The highest BCUT2D eigenvalue weighted by atomic mass is 35.5. The predicted octanol–water partition coefficient (Wildman–Crippen LogP) is 4.19. The summed E-state index contributed by atoms with van der Waals surface area (Å²) in [7, 11) is 0. The van der Waals surface area contributed by atoms with Gasteiger partial charge in [-0.25, -0.2) is 15.0 Å². The van der Waals surface area contributed by atoms with Gasteiger partial charge in [0.25, 0.3) is 5.91 Å². The van der Waals surface area contributed by atoms with Crippen LogP contribution in [0.2, 0.25) is 5.02 Å². The SMILES string of the molecule is O=C(CSc1ncccn1)N1N=C(c2ccc(Cl)cc2)C[C@H]1c1ccco1. The third-order valence-electron chi connectivity index (χ3n) is 4.08. The zero-order valence-electron chi connectivity index (χ0n) is 14.2. The summed E-state index contributed by atoms with van der Waals surface area (Å²) in [6, 6.07) is 12.6. The van der Waals surface area contributed by atoms with E-state index >= 15 is 0 Å². The van der Waals surface area contributed by atoms with E-state index < -0.39 is 0 Å². The minimum Gasteiger partial charge on any atom is -0.467 e. The predicted molar refractivity (Wildman–Crippen MR) is 104 cm³/mol. The molecule has 1 aromatic carbocycles. The molecule has 27 heavy (non-hydrogen) atoms. The number of thioether (sulfide) groups is 1. The minimum absolute atomic E-state index is 0.127. The fourth-order valence-corrected chi connectivity index (χ4v) is 3.59. The van der Waals surface area contributed by atoms with Crippen molar-refractivity contribution in [1.29, 1.82) is 0 Å². The Kier molecular flexibility index (Phi) is 5.22. The van der Waals surface area contributed by atoms with Gasteiger partial charge < -0.3 is 4.42 Å². The van der Waals surface area contributed by atoms with Crippen LogP contribution in [0.25, 0.3) is 0 Å². The van der Waals surface area contributed by atoms with Crippen molar-refractivity contribution in [2.75, 3.05) is 5.75 Å². The van der Waals surface area contributed by atoms with Gasteiger partial charge in [-0.05, 0) is 35.9 Å². The highest BCUT2D eigenvalue weighted by molar-refractivity contribution is 7.99. The second kappa shape index (κ2) is 7.94. The normalized spacial score (nSPS) is 16.4. The zero-order valence-corrected chi connectivity index (χ0v) is 15.7. The Morgan fingerprint density at radius 2 is 1.96 bits per heavy atom. The van der Waals surface area contributed by atoms with Gasteiger partial charge in [-0.3, -0.25) is 4.79 Å². The molecule has 0 saturated carbocycles. The average molecular weight is 399 g/mol. The van der Waals surface area contributed by atoms with Crippen LogP contribution in [-0.4, -0.2) is 32.3 Å². The molecule has 3 heterocycles. The van der Waals surface area contributed by atoms with E-state index in [1.807, 2.05) is 36.4 Å². The maximum Gasteiger partial charge on any atom is 0.253 e. The fraction of sp³-hybridized carbons (Fsp3) is 0.158. The molecule has 4 rings (SSSR count). The third kappa shape index (κ3) is 4.04. The van der Waals surface area contributed by atoms with Crippen LogP contribution < -0.4 is 0 Å². The summed E-state index contributed by atoms with van der Waals surface area (Å²) in [6.07, 6.45) is 5.48. The monoisotopic (exact) mass is 398 g/mol. The van der Waals surface area contributed by atoms with Crippen LogP contribution in [0.3, 0.4) is 0 Å². The maximum atomic E-state index is 12.8. The summed E-state index contributed by atoms with van der Waals surface area (Å²) in [5.41, 5.74) is 1.76. The lowest BCUT2D eigenvalue weighted by Gasteiger charge is -2.19. The maximum absolute atomic E-state index is 12.8. The standard InChI is InChI=1S/C19H15ClN4O2S/c20-14-6-4-13(5-7-14)15-11-16(17-3-1-10-26-17)24(23-15)18(25)12-27-19-21-8-2-9-22-19/h1-10,16H,11-12H2/t16-/m0/s1. The van der Waals surface area contributed by atoms with Gasteiger partial charge >= 0.3 is 0 Å². The fourth-order valence-electron chi connectivity index (χ4n) is 2.81. The Morgan fingerprint density at radius 3 is 2.67 bits per heavy atom. The van der Waals surface area contributed by atoms with Crippen molar-refractivity contribution >= 4 is 35.0 Å². The summed E-state index contributed by atoms with van der Waals surface area (Å²) < 4.78 is 5.54. The van der Waals surface area contributed by atoms with Crippen molar-refractivity contribution in [3.8, 4) is 0 Å². The Hall–Kier alpha value is -2.64. The Morgan fingerprint density at radius 1 is 1.19 bits per heavy atom. The molecule has 0 bridgehead atoms. The van der Waals surface area contributed by atoms with Gasteiger partial charge in [0, 0.05) is 23.8 Å². The zero-order chi connectivity index (χ0) is 18.6. The number of rotatable bonds is 5. The molecule has 0 radical (unpaired) electrons. The number of furan rings is 1. The van der Waals surface area contributed by atoms with Crippen LogP contribution in [0.4, 0.5) is 0 Å². The van der Waals surface area contributed by atoms with Crippen molar-refractivity contribution < 1.29 is 9.21 Å². The molecule has 0 saturated heterocycles. The first-order chi connectivity index (χ1) is 13.2. The second-order valence-corrected chi connectivity index (χ2v) is 7.23. The molecule has 0 unspecified atom stereocenters. The molecule has 2 aromatic heterocycles. The summed E-state index contributed by atoms with van der Waals surface area (Å²) in [4.78, 5) is 21.1. The lowest BCUT2D eigenvalue weighted by Crippen LogP contribution is -2.28. The number of hydrogen-bond acceptors (Lipinski definition) is 6. The van der Waals surface area contributed by atoms with Gasteiger partial charge in [-0.1, -0.05) is 35.5 Å². The van der Waals surface area contributed by atoms with Crippen LogP contribution >= 0.6 is 23.4 Å². The van der Waals surface area contributed by atoms with E-state index in [2.05, 4.69) is 15.1 Å². The molecule has 1 aliphatic rings. The molecule has 8 heteroatoms. The van der Waals surface area contributed by atoms with Crippen LogP contribution in [0, 0.1) is 0 Å². The molecule has 0 spiro atoms. The highest BCUT2D eigenvalue weighted by Crippen LogP contribution is 2.34. The van der Waals surface area contributed by atoms with Gasteiger partial charge in [0.1, 0.15) is 11.8 Å². The average Bonchev–Trinajstić information content (AvgIpc) is 3.37. The number of carbonyl (C=O) groups excluding carboxylic acids is 1. The second-order valence-electron chi connectivity index (χ2n) is 5.85. The first kappa shape index (κ1) is 17.8. The van der Waals surface area contributed by atoms with Gasteiger partial charge in [0.15, 0.2) is 5.16 Å². The van der Waals surface area contributed by atoms with Crippen LogP contribution in [-0.2, 0) is 4.79 Å². The Labute approximate surface area is 165 Å². The molecule has 136 valence electrons.